The van der Waals surface area contributed by atoms with Gasteiger partial charge in [-0.15, -0.1) is 0 Å². The first-order valence-electron chi connectivity index (χ1n) is 10.7. The number of ether oxygens (including phenoxy) is 1. The van der Waals surface area contributed by atoms with Crippen LogP contribution in [0.3, 0.4) is 0 Å². The van der Waals surface area contributed by atoms with Crippen molar-refractivity contribution in [1.29, 1.82) is 0 Å². The predicted molar refractivity (Wildman–Crippen MR) is 121 cm³/mol. The van der Waals surface area contributed by atoms with Crippen LogP contribution in [0, 0.1) is 5.82 Å². The fourth-order valence-electron chi connectivity index (χ4n) is 3.68. The highest BCUT2D eigenvalue weighted by Gasteiger charge is 2.30. The van der Waals surface area contributed by atoms with Crippen LogP contribution in [0.1, 0.15) is 45.4 Å². The minimum Gasteiger partial charge on any atom is -0.444 e. The van der Waals surface area contributed by atoms with Gasteiger partial charge in [-0.1, -0.05) is 11.6 Å². The Hall–Kier alpha value is -2.12. The Morgan fingerprint density at radius 1 is 1.29 bits per heavy atom. The number of halogens is 2. The van der Waals surface area contributed by atoms with Crippen molar-refractivity contribution in [3.63, 3.8) is 0 Å². The molecule has 3 rings (SSSR count). The van der Waals surface area contributed by atoms with Crippen molar-refractivity contribution in [2.45, 2.75) is 51.7 Å². The molecule has 8 heteroatoms. The van der Waals surface area contributed by atoms with Gasteiger partial charge in [0.2, 0.25) is 0 Å². The second-order valence-electron chi connectivity index (χ2n) is 9.35. The number of nitrogens with zero attached hydrogens (tertiary/aromatic N) is 4. The molecule has 170 valence electrons. The molecule has 0 N–H and O–H groups in total. The predicted octanol–water partition coefficient (Wildman–Crippen LogP) is 5.02. The summed E-state index contributed by atoms with van der Waals surface area (Å²) in [5.74, 6) is 0.804. The first-order chi connectivity index (χ1) is 14.5. The van der Waals surface area contributed by atoms with Crippen LogP contribution in [0.4, 0.5) is 9.18 Å². The van der Waals surface area contributed by atoms with Crippen molar-refractivity contribution in [2.24, 2.45) is 0 Å². The highest BCUT2D eigenvalue weighted by Crippen LogP contribution is 2.31. The number of likely N-dealkylation sites (tertiary alicyclic amines) is 1. The van der Waals surface area contributed by atoms with Gasteiger partial charge in [0.25, 0.3) is 0 Å². The summed E-state index contributed by atoms with van der Waals surface area (Å²) in [6.07, 6.45) is 3.40. The van der Waals surface area contributed by atoms with Crippen molar-refractivity contribution in [3.05, 3.63) is 41.1 Å². The molecule has 1 aromatic carbocycles. The standard InChI is InChI=1S/C23H32ClFN4O2/c1-23(2,3)31-22(30)28-10-8-16(9-11-28)21-26-20(15-29(21)13-12-27(4)5)17-6-7-19(25)18(24)14-17/h6-7,14-16H,8-13H2,1-5H3. The smallest absolute Gasteiger partial charge is 0.410 e. The molecular weight excluding hydrogens is 419 g/mol. The van der Waals surface area contributed by atoms with E-state index in [-0.39, 0.29) is 17.0 Å². The molecule has 2 aromatic rings. The average molecular weight is 451 g/mol. The zero-order chi connectivity index (χ0) is 22.8. The number of hydrogen-bond donors (Lipinski definition) is 0. The molecule has 0 saturated carbocycles. The molecule has 1 aliphatic rings. The lowest BCUT2D eigenvalue weighted by atomic mass is 9.96. The van der Waals surface area contributed by atoms with Gasteiger partial charge in [-0.2, -0.15) is 0 Å². The summed E-state index contributed by atoms with van der Waals surface area (Å²) >= 11 is 5.99. The van der Waals surface area contributed by atoms with Crippen LogP contribution in [-0.4, -0.2) is 64.8 Å². The third-order valence-corrected chi connectivity index (χ3v) is 5.61. The maximum Gasteiger partial charge on any atom is 0.410 e. The summed E-state index contributed by atoms with van der Waals surface area (Å²) in [5, 5.41) is 0.0903. The molecule has 0 bridgehead atoms. The van der Waals surface area contributed by atoms with Crippen LogP contribution in [0.5, 0.6) is 0 Å². The lowest BCUT2D eigenvalue weighted by Gasteiger charge is -2.33. The number of imidazole rings is 1. The molecule has 0 unspecified atom stereocenters. The SMILES string of the molecule is CN(C)CCn1cc(-c2ccc(F)c(Cl)c2)nc1C1CCN(C(=O)OC(C)(C)C)CC1. The fraction of sp³-hybridized carbons (Fsp3) is 0.565. The molecule has 0 radical (unpaired) electrons. The zero-order valence-electron chi connectivity index (χ0n) is 19.0. The first kappa shape index (κ1) is 23.5. The highest BCUT2D eigenvalue weighted by molar-refractivity contribution is 6.31. The van der Waals surface area contributed by atoms with Gasteiger partial charge in [-0.3, -0.25) is 0 Å². The zero-order valence-corrected chi connectivity index (χ0v) is 19.7. The summed E-state index contributed by atoms with van der Waals surface area (Å²) < 4.78 is 21.3. The second kappa shape index (κ2) is 9.57. The summed E-state index contributed by atoms with van der Waals surface area (Å²) in [6.45, 7) is 8.59. The van der Waals surface area contributed by atoms with Crippen molar-refractivity contribution < 1.29 is 13.9 Å². The van der Waals surface area contributed by atoms with E-state index in [4.69, 9.17) is 21.3 Å². The van der Waals surface area contributed by atoms with Crippen molar-refractivity contribution in [2.75, 3.05) is 33.7 Å². The molecule has 1 fully saturated rings. The Morgan fingerprint density at radius 3 is 2.55 bits per heavy atom. The number of aromatic nitrogens is 2. The summed E-state index contributed by atoms with van der Waals surface area (Å²) in [7, 11) is 4.08. The van der Waals surface area contributed by atoms with Gasteiger partial charge >= 0.3 is 6.09 Å². The minimum atomic E-state index is -0.498. The number of carbonyl (C=O) groups is 1. The lowest BCUT2D eigenvalue weighted by molar-refractivity contribution is 0.0202. The normalized spacial score (nSPS) is 15.5. The number of carbonyl (C=O) groups excluding carboxylic acids is 1. The molecule has 6 nitrogen and oxygen atoms in total. The Morgan fingerprint density at radius 2 is 1.97 bits per heavy atom. The number of rotatable bonds is 5. The fourth-order valence-corrected chi connectivity index (χ4v) is 3.86. The van der Waals surface area contributed by atoms with Crippen LogP contribution < -0.4 is 0 Å². The van der Waals surface area contributed by atoms with E-state index in [1.54, 1.807) is 17.0 Å². The molecule has 1 amide bonds. The third kappa shape index (κ3) is 6.20. The van der Waals surface area contributed by atoms with Gasteiger partial charge in [0.1, 0.15) is 17.2 Å². The number of amides is 1. The van der Waals surface area contributed by atoms with E-state index in [1.165, 1.54) is 6.07 Å². The van der Waals surface area contributed by atoms with Gasteiger partial charge in [0.05, 0.1) is 10.7 Å². The maximum absolute atomic E-state index is 13.6. The summed E-state index contributed by atoms with van der Waals surface area (Å²) in [6, 6.07) is 4.69. The number of benzene rings is 1. The van der Waals surface area contributed by atoms with E-state index in [0.29, 0.717) is 13.1 Å². The van der Waals surface area contributed by atoms with Gasteiger partial charge in [-0.25, -0.2) is 14.2 Å². The van der Waals surface area contributed by atoms with Crippen LogP contribution in [0.15, 0.2) is 24.4 Å². The Labute approximate surface area is 188 Å². The Balaban J connectivity index is 1.78. The lowest BCUT2D eigenvalue weighted by Crippen LogP contribution is -2.41. The van der Waals surface area contributed by atoms with Gasteiger partial charge in [0, 0.05) is 43.9 Å². The van der Waals surface area contributed by atoms with Crippen LogP contribution in [-0.2, 0) is 11.3 Å². The van der Waals surface area contributed by atoms with Gasteiger partial charge in [-0.05, 0) is 65.9 Å². The quantitative estimate of drug-likeness (QED) is 0.641. The topological polar surface area (TPSA) is 50.6 Å². The molecule has 1 saturated heterocycles. The van der Waals surface area contributed by atoms with Crippen LogP contribution in [0.2, 0.25) is 5.02 Å². The van der Waals surface area contributed by atoms with E-state index < -0.39 is 11.4 Å². The van der Waals surface area contributed by atoms with Crippen LogP contribution >= 0.6 is 11.6 Å². The largest absolute Gasteiger partial charge is 0.444 e. The Kier molecular flexibility index (Phi) is 7.27. The van der Waals surface area contributed by atoms with Crippen molar-refractivity contribution in [1.82, 2.24) is 19.4 Å². The number of piperidine rings is 1. The van der Waals surface area contributed by atoms with Crippen molar-refractivity contribution in [3.8, 4) is 11.3 Å². The molecule has 0 atom stereocenters. The third-order valence-electron chi connectivity index (χ3n) is 5.32. The van der Waals surface area contributed by atoms with E-state index >= 15 is 0 Å². The average Bonchev–Trinajstić information content (AvgIpc) is 3.11. The molecular formula is C23H32ClFN4O2. The van der Waals surface area contributed by atoms with Crippen LogP contribution in [0.25, 0.3) is 11.3 Å². The van der Waals surface area contributed by atoms with E-state index in [9.17, 15) is 9.18 Å². The first-order valence-corrected chi connectivity index (χ1v) is 11.1. The summed E-state index contributed by atoms with van der Waals surface area (Å²) in [5.41, 5.74) is 1.08. The Bertz CT molecular complexity index is 915. The van der Waals surface area contributed by atoms with Crippen molar-refractivity contribution >= 4 is 17.7 Å². The summed E-state index contributed by atoms with van der Waals surface area (Å²) in [4.78, 5) is 21.2. The maximum atomic E-state index is 13.6. The minimum absolute atomic E-state index is 0.0903. The van der Waals surface area contributed by atoms with E-state index in [2.05, 4.69) is 9.47 Å². The van der Waals surface area contributed by atoms with Gasteiger partial charge in [0.15, 0.2) is 0 Å². The number of hydrogen-bond acceptors (Lipinski definition) is 4. The molecule has 31 heavy (non-hydrogen) atoms. The second-order valence-corrected chi connectivity index (χ2v) is 9.76. The highest BCUT2D eigenvalue weighted by atomic mass is 35.5. The molecule has 2 heterocycles. The van der Waals surface area contributed by atoms with Gasteiger partial charge < -0.3 is 19.1 Å². The molecule has 0 aliphatic carbocycles. The van der Waals surface area contributed by atoms with E-state index in [0.717, 1.165) is 43.0 Å². The van der Waals surface area contributed by atoms with E-state index in [1.807, 2.05) is 41.1 Å². The monoisotopic (exact) mass is 450 g/mol. The number of likely N-dealkylation sites (N-methyl/N-ethyl adjacent to an activating group) is 1. The molecule has 1 aromatic heterocycles. The molecule has 0 spiro atoms. The molecule has 1 aliphatic heterocycles.